The molecular weight excluding hydrogens is 1620 g/mol. The van der Waals surface area contributed by atoms with E-state index in [9.17, 15) is 102 Å². The van der Waals surface area contributed by atoms with E-state index in [1.165, 1.54) is 43.2 Å². The van der Waals surface area contributed by atoms with E-state index < -0.39 is 213 Å². The molecule has 11 amide bonds. The van der Waals surface area contributed by atoms with Crippen LogP contribution < -0.4 is 53.4 Å². The van der Waals surface area contributed by atoms with Crippen LogP contribution in [0.1, 0.15) is 184 Å². The molecule has 2 heterocycles. The minimum Gasteiger partial charge on any atom is -0.508 e. The first kappa shape index (κ1) is 100. The summed E-state index contributed by atoms with van der Waals surface area (Å²) in [5.74, 6) is -16.6. The molecule has 0 bridgehead atoms. The van der Waals surface area contributed by atoms with Gasteiger partial charge in [0.1, 0.15) is 59.3 Å². The van der Waals surface area contributed by atoms with Crippen molar-refractivity contribution in [3.63, 3.8) is 0 Å². The number of hydrogen-bond acceptors (Lipinski definition) is 26. The fraction of sp³-hybridized carbons (Fsp3) is 0.584. The average molecular weight is 1730 g/mol. The number of piperidine rings is 1. The predicted octanol–water partition coefficient (Wildman–Crippen LogP) is 3.91. The number of aromatic hydroxyl groups is 1. The van der Waals surface area contributed by atoms with Gasteiger partial charge in [-0.05, 0) is 107 Å². The first-order chi connectivity index (χ1) is 56.3. The number of hydrazine groups is 1. The van der Waals surface area contributed by atoms with Crippen LogP contribution in [0.4, 0.5) is 9.59 Å². The molecular formula is C77H111N13O26S3. The van der Waals surface area contributed by atoms with Crippen LogP contribution >= 0.6 is 32.9 Å². The molecule has 0 spiro atoms. The van der Waals surface area contributed by atoms with Gasteiger partial charge >= 0.3 is 53.9 Å². The number of likely N-dealkylation sites (N-methyl/N-ethyl adjacent to an activating group) is 1. The zero-order valence-corrected chi connectivity index (χ0v) is 70.3. The number of carboxylic acids is 5. The van der Waals surface area contributed by atoms with Crippen LogP contribution in [0.15, 0.2) is 60.0 Å². The van der Waals surface area contributed by atoms with Crippen molar-refractivity contribution < 1.29 is 126 Å². The third-order valence-electron chi connectivity index (χ3n) is 19.0. The molecule has 0 aliphatic carbocycles. The van der Waals surface area contributed by atoms with E-state index in [-0.39, 0.29) is 90.8 Å². The summed E-state index contributed by atoms with van der Waals surface area (Å²) in [5, 5.41) is 78.9. The van der Waals surface area contributed by atoms with E-state index in [4.69, 9.17) is 19.3 Å². The Hall–Kier alpha value is -10.9. The Morgan fingerprint density at radius 3 is 1.84 bits per heavy atom. The molecule has 13 atom stereocenters. The summed E-state index contributed by atoms with van der Waals surface area (Å²) in [4.78, 5) is 228. The summed E-state index contributed by atoms with van der Waals surface area (Å²) in [5.41, 5.74) is 5.49. The van der Waals surface area contributed by atoms with Crippen LogP contribution in [-0.2, 0) is 94.2 Å². The van der Waals surface area contributed by atoms with Crippen molar-refractivity contribution in [1.29, 1.82) is 0 Å². The zero-order chi connectivity index (χ0) is 88.6. The number of rotatable bonds is 52. The summed E-state index contributed by atoms with van der Waals surface area (Å²) in [6.45, 7) is 13.4. The summed E-state index contributed by atoms with van der Waals surface area (Å²) >= 11 is 1.01. The number of urea groups is 1. The van der Waals surface area contributed by atoms with Gasteiger partial charge in [0.05, 0.1) is 12.5 Å². The Morgan fingerprint density at radius 2 is 1.24 bits per heavy atom. The molecule has 39 nitrogen and oxygen atoms in total. The number of amides is 11. The van der Waals surface area contributed by atoms with Crippen molar-refractivity contribution in [2.75, 3.05) is 38.4 Å². The summed E-state index contributed by atoms with van der Waals surface area (Å²) in [6.07, 6.45) is -2.60. The Labute approximate surface area is 700 Å². The molecule has 1 fully saturated rings. The lowest BCUT2D eigenvalue weighted by molar-refractivity contribution is -0.161. The fourth-order valence-electron chi connectivity index (χ4n) is 12.3. The molecule has 1 aliphatic rings. The number of benzene rings is 2. The number of thiazole rings is 1. The van der Waals surface area contributed by atoms with Crippen LogP contribution in [-0.4, -0.2) is 245 Å². The summed E-state index contributed by atoms with van der Waals surface area (Å²) in [7, 11) is 3.85. The highest BCUT2D eigenvalue weighted by molar-refractivity contribution is 8.76. The standard InChI is InChI=1S/C77H111N13O26S3/c1-10-17-64(99)115-41-90(72(105)65(43(5)11-2)86-70(104)57-20-15-16-31-89(57)9)58(42(3)4)38-59(116-46(8)91)71-83-55(39-117-71)69(103)79-49(35-48-22-24-50(92)25-23-48)34-44(6)66(100)87-88-77(113)114-32-33-118-119-40-56(75(110)111)82-67(101)53(36-47-18-13-12-14-19-47)81-68(102)54(37-63(97)98)80-61(94)28-21-45(7)78-60(93)29-26-51(73(106)107)84-76(112)85-52(74(108)109)27-30-62(95)96/h12-14,18-19,22-25,39,42-45,49,51-54,56-59,65,92H,10-11,15-17,20-21,26-38,40-41H2,1-9H3,(H,78,93)(H,79,103)(H,80,94)(H,81,102)(H,82,101)(H,86,104)(H,87,100)(H,88,113)(H,95,96)(H,97,98)(H,106,107)(H,108,109)(H,110,111)(H2,84,85,112)/t43?,44-,45+,49+,51-,52-,53-,54-,56-,57+,58+,59+,65-/m0/s1. The van der Waals surface area contributed by atoms with Gasteiger partial charge in [0.25, 0.3) is 5.91 Å². The van der Waals surface area contributed by atoms with Gasteiger partial charge in [-0.1, -0.05) is 118 Å². The number of ether oxygens (including phenoxy) is 3. The van der Waals surface area contributed by atoms with Crippen LogP contribution in [0.25, 0.3) is 0 Å². The molecule has 1 aromatic heterocycles. The number of nitrogens with one attached hydrogen (secondary N) is 10. The van der Waals surface area contributed by atoms with Gasteiger partial charge in [0, 0.05) is 86.4 Å². The van der Waals surface area contributed by atoms with Crippen LogP contribution in [0.2, 0.25) is 0 Å². The predicted molar refractivity (Wildman–Crippen MR) is 432 cm³/mol. The maximum atomic E-state index is 15.0. The Morgan fingerprint density at radius 1 is 0.630 bits per heavy atom. The van der Waals surface area contributed by atoms with Crippen LogP contribution in [0, 0.1) is 17.8 Å². The lowest BCUT2D eigenvalue weighted by Gasteiger charge is -2.39. The topological polar surface area (TPSA) is 579 Å². The maximum Gasteiger partial charge on any atom is 0.426 e. The molecule has 1 aliphatic heterocycles. The zero-order valence-electron chi connectivity index (χ0n) is 67.8. The summed E-state index contributed by atoms with van der Waals surface area (Å²) in [6, 6.07) is 0.823. The van der Waals surface area contributed by atoms with Crippen LogP contribution in [0.5, 0.6) is 5.75 Å². The number of aromatic nitrogens is 1. The molecule has 0 saturated carbocycles. The second kappa shape index (κ2) is 52.1. The number of nitrogens with zero attached hydrogens (tertiary/aromatic N) is 3. The third kappa shape index (κ3) is 37.3. The molecule has 658 valence electrons. The first-order valence-corrected chi connectivity index (χ1v) is 42.2. The van der Waals surface area contributed by atoms with Crippen molar-refractivity contribution in [3.05, 3.63) is 81.8 Å². The highest BCUT2D eigenvalue weighted by atomic mass is 33.1. The molecule has 2 aromatic carbocycles. The smallest absolute Gasteiger partial charge is 0.426 e. The normalized spacial score (nSPS) is 15.6. The van der Waals surface area contributed by atoms with Gasteiger partial charge in [0.2, 0.25) is 41.4 Å². The molecule has 1 saturated heterocycles. The largest absolute Gasteiger partial charge is 0.508 e. The van der Waals surface area contributed by atoms with E-state index >= 15 is 4.79 Å². The molecule has 16 N–H and O–H groups in total. The van der Waals surface area contributed by atoms with E-state index in [2.05, 4.69) is 47.7 Å². The lowest BCUT2D eigenvalue weighted by atomic mass is 9.92. The second-order valence-corrected chi connectivity index (χ2v) is 32.6. The van der Waals surface area contributed by atoms with E-state index in [1.807, 2.05) is 50.3 Å². The van der Waals surface area contributed by atoms with Crippen molar-refractivity contribution in [1.82, 2.24) is 68.2 Å². The van der Waals surface area contributed by atoms with E-state index in [1.54, 1.807) is 49.4 Å². The number of carbonyl (C=O) groups excluding carboxylic acids is 12. The fourth-order valence-corrected chi connectivity index (χ4v) is 15.1. The Balaban J connectivity index is 1.35. The highest BCUT2D eigenvalue weighted by Crippen LogP contribution is 2.33. The first-order valence-electron chi connectivity index (χ1n) is 38.9. The monoisotopic (exact) mass is 1730 g/mol. The summed E-state index contributed by atoms with van der Waals surface area (Å²) < 4.78 is 16.8. The maximum absolute atomic E-state index is 15.0. The van der Waals surface area contributed by atoms with Crippen LogP contribution in [0.3, 0.4) is 0 Å². The number of hydrogen-bond donors (Lipinski definition) is 16. The van der Waals surface area contributed by atoms with Gasteiger partial charge < -0.3 is 92.3 Å². The molecule has 0 radical (unpaired) electrons. The van der Waals surface area contributed by atoms with E-state index in [0.717, 1.165) is 45.8 Å². The number of esters is 2. The van der Waals surface area contributed by atoms with Crippen molar-refractivity contribution >= 4 is 134 Å². The quantitative estimate of drug-likeness (QED) is 0.00951. The number of likely N-dealkylation sites (tertiary alicyclic amines) is 1. The number of phenolic OH excluding ortho intramolecular Hbond substituents is 1. The number of aliphatic carboxylic acids is 5. The van der Waals surface area contributed by atoms with E-state index in [0.29, 0.717) is 36.9 Å². The number of phenols is 1. The van der Waals surface area contributed by atoms with Gasteiger partial charge in [0.15, 0.2) is 12.8 Å². The molecule has 4 rings (SSSR count). The third-order valence-corrected chi connectivity index (χ3v) is 22.4. The molecule has 42 heteroatoms. The van der Waals surface area contributed by atoms with Gasteiger partial charge in [-0.15, -0.1) is 11.3 Å². The minimum absolute atomic E-state index is 0.0272. The molecule has 1 unspecified atom stereocenters. The van der Waals surface area contributed by atoms with Crippen molar-refractivity contribution in [2.45, 2.75) is 231 Å². The highest BCUT2D eigenvalue weighted by Gasteiger charge is 2.41. The Bertz CT molecular complexity index is 3940. The minimum atomic E-state index is -1.79. The molecule has 119 heavy (non-hydrogen) atoms. The Kier molecular flexibility index (Phi) is 44.0. The number of carboxylic acid groups (broad SMARTS) is 5. The number of carbonyl (C=O) groups is 17. The average Bonchev–Trinajstić information content (AvgIpc) is 1.80. The lowest BCUT2D eigenvalue weighted by Crippen LogP contribution is -2.59. The van der Waals surface area contributed by atoms with Gasteiger partial charge in [-0.2, -0.15) is 0 Å². The SMILES string of the molecule is CCCC(=O)OCN(C(=O)[C@@H](NC(=O)[C@H]1CCCCN1C)C(C)CC)[C@H](C[C@@H](OC(C)=O)c1nc(C(=O)N[C@@H](Cc2ccc(O)cc2)C[C@H](C)C(=O)NNC(=O)OCCSSC[C@H](NC(=O)[C@H](Cc2ccccc2)NC(=O)[C@H](CC(=O)O)NC(=O)CC[C@@H](C)NC(=O)CC[C@H](NC(=O)N[C@@H](CCC(=O)O)C(=O)O)C(=O)O)C(=O)O)cs1)C(C)C. The van der Waals surface area contributed by atoms with Crippen molar-refractivity contribution in [3.8, 4) is 5.75 Å². The second-order valence-electron chi connectivity index (χ2n) is 29.1. The van der Waals surface area contributed by atoms with Crippen molar-refractivity contribution in [2.24, 2.45) is 17.8 Å². The van der Waals surface area contributed by atoms with Gasteiger partial charge in [-0.3, -0.25) is 67.9 Å². The molecule has 3 aromatic rings. The van der Waals surface area contributed by atoms with Gasteiger partial charge in [-0.25, -0.2) is 34.4 Å².